The van der Waals surface area contributed by atoms with Crippen molar-refractivity contribution in [2.45, 2.75) is 24.2 Å². The van der Waals surface area contributed by atoms with Gasteiger partial charge in [-0.05, 0) is 30.7 Å². The molecule has 0 aliphatic heterocycles. The first-order valence-corrected chi connectivity index (χ1v) is 8.07. The van der Waals surface area contributed by atoms with Crippen LogP contribution in [0.25, 0.3) is 0 Å². The molecule has 0 saturated heterocycles. The van der Waals surface area contributed by atoms with E-state index in [1.807, 2.05) is 0 Å². The van der Waals surface area contributed by atoms with E-state index in [-0.39, 0.29) is 36.5 Å². The number of carboxylic acids is 1. The highest BCUT2D eigenvalue weighted by Gasteiger charge is 2.15. The van der Waals surface area contributed by atoms with Gasteiger partial charge in [0, 0.05) is 17.3 Å². The Morgan fingerprint density at radius 3 is 2.30 bits per heavy atom. The van der Waals surface area contributed by atoms with Crippen LogP contribution >= 0.6 is 15.9 Å². The van der Waals surface area contributed by atoms with Crippen LogP contribution in [0.15, 0.2) is 33.6 Å². The van der Waals surface area contributed by atoms with Crippen LogP contribution in [0.5, 0.6) is 0 Å². The standard InChI is InChI=1S/C12H14BrNO5S/c13-9-4-6-11(7-5-9)20(18,19)14-8-10(15)2-1-3-12(16)17/h4-7,14H,1-3,8H2,(H,16,17). The number of nitrogens with one attached hydrogen (secondary N) is 1. The van der Waals surface area contributed by atoms with Crippen molar-refractivity contribution in [2.24, 2.45) is 0 Å². The second-order valence-electron chi connectivity index (χ2n) is 4.06. The molecule has 0 amide bonds. The molecule has 0 saturated carbocycles. The topological polar surface area (TPSA) is 101 Å². The summed E-state index contributed by atoms with van der Waals surface area (Å²) >= 11 is 3.20. The number of sulfonamides is 1. The van der Waals surface area contributed by atoms with Crippen molar-refractivity contribution in [3.05, 3.63) is 28.7 Å². The number of hydrogen-bond donors (Lipinski definition) is 2. The van der Waals surface area contributed by atoms with Gasteiger partial charge in [0.05, 0.1) is 11.4 Å². The van der Waals surface area contributed by atoms with Crippen LogP contribution in [-0.2, 0) is 19.6 Å². The number of benzene rings is 1. The molecule has 0 fully saturated rings. The molecule has 8 heteroatoms. The first-order chi connectivity index (χ1) is 9.31. The van der Waals surface area contributed by atoms with Gasteiger partial charge in [0.2, 0.25) is 10.0 Å². The maximum absolute atomic E-state index is 11.9. The zero-order valence-electron chi connectivity index (χ0n) is 10.5. The van der Waals surface area contributed by atoms with E-state index in [1.54, 1.807) is 12.1 Å². The second-order valence-corrected chi connectivity index (χ2v) is 6.75. The molecule has 0 heterocycles. The van der Waals surface area contributed by atoms with E-state index < -0.39 is 16.0 Å². The lowest BCUT2D eigenvalue weighted by atomic mass is 10.2. The number of rotatable bonds is 8. The van der Waals surface area contributed by atoms with Crippen molar-refractivity contribution in [2.75, 3.05) is 6.54 Å². The van der Waals surface area contributed by atoms with Crippen molar-refractivity contribution in [3.63, 3.8) is 0 Å². The van der Waals surface area contributed by atoms with Crippen molar-refractivity contribution in [1.82, 2.24) is 4.72 Å². The molecule has 0 unspecified atom stereocenters. The van der Waals surface area contributed by atoms with Crippen molar-refractivity contribution in [3.8, 4) is 0 Å². The van der Waals surface area contributed by atoms with Crippen molar-refractivity contribution in [1.29, 1.82) is 0 Å². The van der Waals surface area contributed by atoms with Crippen LogP contribution in [0.1, 0.15) is 19.3 Å². The lowest BCUT2D eigenvalue weighted by Gasteiger charge is -2.06. The summed E-state index contributed by atoms with van der Waals surface area (Å²) in [5, 5.41) is 8.43. The smallest absolute Gasteiger partial charge is 0.303 e. The zero-order chi connectivity index (χ0) is 15.2. The fraction of sp³-hybridized carbons (Fsp3) is 0.333. The maximum atomic E-state index is 11.9. The van der Waals surface area contributed by atoms with Gasteiger partial charge in [0.25, 0.3) is 0 Å². The summed E-state index contributed by atoms with van der Waals surface area (Å²) in [6.07, 6.45) is 0.133. The minimum Gasteiger partial charge on any atom is -0.481 e. The first-order valence-electron chi connectivity index (χ1n) is 5.80. The number of carbonyl (C=O) groups excluding carboxylic acids is 1. The van der Waals surface area contributed by atoms with Gasteiger partial charge in [-0.15, -0.1) is 0 Å². The molecule has 0 atom stereocenters. The average Bonchev–Trinajstić information content (AvgIpc) is 2.36. The Balaban J connectivity index is 2.49. The van der Waals surface area contributed by atoms with E-state index in [4.69, 9.17) is 5.11 Å². The summed E-state index contributed by atoms with van der Waals surface area (Å²) in [5.41, 5.74) is 0. The predicted octanol–water partition coefficient (Wildman–Crippen LogP) is 1.55. The summed E-state index contributed by atoms with van der Waals surface area (Å²) in [5.74, 6) is -1.32. The minimum absolute atomic E-state index is 0.0369. The molecule has 6 nitrogen and oxygen atoms in total. The third kappa shape index (κ3) is 5.81. The predicted molar refractivity (Wildman–Crippen MR) is 75.8 cm³/mol. The van der Waals surface area contributed by atoms with E-state index in [2.05, 4.69) is 20.7 Å². The summed E-state index contributed by atoms with van der Waals surface area (Å²) in [6.45, 7) is -0.335. The molecule has 0 bridgehead atoms. The molecule has 20 heavy (non-hydrogen) atoms. The normalized spacial score (nSPS) is 11.2. The molecule has 0 aromatic heterocycles. The van der Waals surface area contributed by atoms with E-state index in [0.29, 0.717) is 0 Å². The van der Waals surface area contributed by atoms with E-state index >= 15 is 0 Å². The minimum atomic E-state index is -3.72. The Labute approximate surface area is 125 Å². The Hall–Kier alpha value is -1.25. The molecule has 0 radical (unpaired) electrons. The summed E-state index contributed by atoms with van der Waals surface area (Å²) in [7, 11) is -3.72. The first kappa shape index (κ1) is 16.8. The van der Waals surface area contributed by atoms with E-state index in [1.165, 1.54) is 12.1 Å². The third-order valence-electron chi connectivity index (χ3n) is 2.43. The highest BCUT2D eigenvalue weighted by Crippen LogP contribution is 2.14. The van der Waals surface area contributed by atoms with Gasteiger partial charge < -0.3 is 5.11 Å². The molecule has 1 aromatic carbocycles. The van der Waals surface area contributed by atoms with Gasteiger partial charge in [0.15, 0.2) is 0 Å². The van der Waals surface area contributed by atoms with Gasteiger partial charge in [0.1, 0.15) is 5.78 Å². The molecule has 110 valence electrons. The van der Waals surface area contributed by atoms with Crippen LogP contribution in [0, 0.1) is 0 Å². The fourth-order valence-corrected chi connectivity index (χ4v) is 2.67. The number of aliphatic carboxylic acids is 1. The lowest BCUT2D eigenvalue weighted by Crippen LogP contribution is -2.29. The highest BCUT2D eigenvalue weighted by molar-refractivity contribution is 9.10. The maximum Gasteiger partial charge on any atom is 0.303 e. The number of ketones is 1. The molecule has 0 aliphatic carbocycles. The van der Waals surface area contributed by atoms with Crippen LogP contribution in [-0.4, -0.2) is 31.8 Å². The van der Waals surface area contributed by atoms with Gasteiger partial charge >= 0.3 is 5.97 Å². The van der Waals surface area contributed by atoms with E-state index in [9.17, 15) is 18.0 Å². The highest BCUT2D eigenvalue weighted by atomic mass is 79.9. The summed E-state index contributed by atoms with van der Waals surface area (Å²) < 4.78 is 26.7. The Morgan fingerprint density at radius 2 is 1.75 bits per heavy atom. The fourth-order valence-electron chi connectivity index (χ4n) is 1.40. The van der Waals surface area contributed by atoms with Crippen LogP contribution < -0.4 is 4.72 Å². The monoisotopic (exact) mass is 363 g/mol. The quantitative estimate of drug-likeness (QED) is 0.729. The van der Waals surface area contributed by atoms with Crippen LogP contribution in [0.4, 0.5) is 0 Å². The number of Topliss-reactive ketones (excluding diaryl/α,β-unsaturated/α-hetero) is 1. The van der Waals surface area contributed by atoms with Gasteiger partial charge in [-0.1, -0.05) is 15.9 Å². The largest absolute Gasteiger partial charge is 0.481 e. The second kappa shape index (κ2) is 7.51. The summed E-state index contributed by atoms with van der Waals surface area (Å²) in [4.78, 5) is 21.8. The Morgan fingerprint density at radius 1 is 1.15 bits per heavy atom. The molecule has 1 rings (SSSR count). The number of halogens is 1. The van der Waals surface area contributed by atoms with E-state index in [0.717, 1.165) is 4.47 Å². The molecular weight excluding hydrogens is 350 g/mol. The molecule has 2 N–H and O–H groups in total. The summed E-state index contributed by atoms with van der Waals surface area (Å²) in [6, 6.07) is 6.01. The van der Waals surface area contributed by atoms with Gasteiger partial charge in [-0.2, -0.15) is 0 Å². The Bertz CT molecular complexity index is 582. The van der Waals surface area contributed by atoms with Gasteiger partial charge in [-0.25, -0.2) is 13.1 Å². The van der Waals surface area contributed by atoms with Crippen LogP contribution in [0.2, 0.25) is 0 Å². The number of hydrogen-bond acceptors (Lipinski definition) is 4. The molecule has 0 spiro atoms. The lowest BCUT2D eigenvalue weighted by molar-refractivity contribution is -0.137. The van der Waals surface area contributed by atoms with Crippen molar-refractivity contribution < 1.29 is 23.1 Å². The molecule has 1 aromatic rings. The van der Waals surface area contributed by atoms with Gasteiger partial charge in [-0.3, -0.25) is 9.59 Å². The number of carbonyl (C=O) groups is 2. The zero-order valence-corrected chi connectivity index (χ0v) is 12.9. The third-order valence-corrected chi connectivity index (χ3v) is 4.38. The van der Waals surface area contributed by atoms with Crippen LogP contribution in [0.3, 0.4) is 0 Å². The number of carboxylic acid groups (broad SMARTS) is 1. The Kier molecular flexibility index (Phi) is 6.31. The molecular formula is C12H14BrNO5S. The van der Waals surface area contributed by atoms with Crippen molar-refractivity contribution >= 4 is 37.7 Å². The molecule has 0 aliphatic rings. The SMILES string of the molecule is O=C(O)CCCC(=O)CNS(=O)(=O)c1ccc(Br)cc1. The average molecular weight is 364 g/mol.